The Kier molecular flexibility index (Phi) is 6.92. The number of ether oxygens (including phenoxy) is 1. The molecule has 4 aliphatic rings. The first-order chi connectivity index (χ1) is 24.9. The molecule has 10 rings (SSSR count). The largest absolute Gasteiger partial charge is 0.496 e. The summed E-state index contributed by atoms with van der Waals surface area (Å²) >= 11 is 1.56. The number of thiophene rings is 1. The number of aromatic nitrogens is 4. The van der Waals surface area contributed by atoms with Gasteiger partial charge in [0.2, 0.25) is 0 Å². The van der Waals surface area contributed by atoms with Gasteiger partial charge in [-0.05, 0) is 109 Å². The van der Waals surface area contributed by atoms with Gasteiger partial charge in [0.1, 0.15) is 17.4 Å². The van der Waals surface area contributed by atoms with E-state index in [0.717, 1.165) is 87.6 Å². The monoisotopic (exact) mass is 700 g/mol. The van der Waals surface area contributed by atoms with E-state index in [-0.39, 0.29) is 35.6 Å². The highest BCUT2D eigenvalue weighted by Gasteiger charge is 2.45. The molecule has 0 bridgehead atoms. The molecule has 12 heteroatoms. The average molecular weight is 701 g/mol. The van der Waals surface area contributed by atoms with E-state index in [2.05, 4.69) is 27.6 Å². The van der Waals surface area contributed by atoms with Gasteiger partial charge in [-0.1, -0.05) is 23.4 Å². The molecule has 10 nitrogen and oxygen atoms in total. The van der Waals surface area contributed by atoms with Crippen LogP contribution in [0.25, 0.3) is 31.9 Å². The lowest BCUT2D eigenvalue weighted by Crippen LogP contribution is -2.22. The lowest BCUT2D eigenvalue weighted by Gasteiger charge is -2.19. The smallest absolute Gasteiger partial charge is 0.439 e. The summed E-state index contributed by atoms with van der Waals surface area (Å²) in [5.41, 5.74) is 7.92. The van der Waals surface area contributed by atoms with Gasteiger partial charge in [-0.15, -0.1) is 11.3 Å². The maximum absolute atomic E-state index is 14.3. The molecule has 2 N–H and O–H groups in total. The lowest BCUT2D eigenvalue weighted by atomic mass is 9.89. The van der Waals surface area contributed by atoms with Gasteiger partial charge in [-0.2, -0.15) is 0 Å². The number of aryl methyl sites for hydroxylation is 1. The van der Waals surface area contributed by atoms with E-state index in [1.165, 1.54) is 17.2 Å². The maximum Gasteiger partial charge on any atom is 0.439 e. The number of rotatable bonds is 7. The predicted octanol–water partition coefficient (Wildman–Crippen LogP) is 7.51. The van der Waals surface area contributed by atoms with Crippen LogP contribution >= 0.6 is 11.3 Å². The summed E-state index contributed by atoms with van der Waals surface area (Å²) in [6.07, 6.45) is 7.55. The van der Waals surface area contributed by atoms with Gasteiger partial charge < -0.3 is 15.0 Å². The van der Waals surface area contributed by atoms with Crippen LogP contribution in [0.3, 0.4) is 0 Å². The Labute approximate surface area is 295 Å². The summed E-state index contributed by atoms with van der Waals surface area (Å²) in [4.78, 5) is 42.4. The number of halogens is 1. The minimum absolute atomic E-state index is 0.0548. The van der Waals surface area contributed by atoms with E-state index in [1.807, 2.05) is 35.4 Å². The van der Waals surface area contributed by atoms with Gasteiger partial charge >= 0.3 is 5.76 Å². The summed E-state index contributed by atoms with van der Waals surface area (Å²) in [5.74, 6) is 1.02. The summed E-state index contributed by atoms with van der Waals surface area (Å²) in [6.45, 7) is 0.671. The molecule has 1 saturated heterocycles. The third kappa shape index (κ3) is 4.76. The zero-order valence-electron chi connectivity index (χ0n) is 27.8. The van der Waals surface area contributed by atoms with Crippen molar-refractivity contribution in [3.63, 3.8) is 0 Å². The van der Waals surface area contributed by atoms with Crippen molar-refractivity contribution in [1.29, 1.82) is 0 Å². The summed E-state index contributed by atoms with van der Waals surface area (Å²) in [7, 11) is 1.71. The fourth-order valence-electron chi connectivity index (χ4n) is 8.97. The second-order valence-corrected chi connectivity index (χ2v) is 15.0. The van der Waals surface area contributed by atoms with Gasteiger partial charge in [0, 0.05) is 23.2 Å². The first-order valence-electron chi connectivity index (χ1n) is 17.5. The number of anilines is 1. The number of carbonyl (C=O) groups excluding carboxylic acids is 1. The Hall–Kier alpha value is -5.36. The quantitative estimate of drug-likeness (QED) is 0.175. The molecule has 4 aromatic heterocycles. The Morgan fingerprint density at radius 2 is 1.98 bits per heavy atom. The van der Waals surface area contributed by atoms with Crippen molar-refractivity contribution in [3.8, 4) is 27.6 Å². The Morgan fingerprint density at radius 3 is 2.84 bits per heavy atom. The van der Waals surface area contributed by atoms with Crippen LogP contribution in [0, 0.1) is 5.82 Å². The molecule has 0 radical (unpaired) electrons. The number of nitrogens with one attached hydrogen (secondary N) is 2. The van der Waals surface area contributed by atoms with E-state index in [9.17, 15) is 14.0 Å². The number of methoxy groups -OCH3 is 1. The molecule has 0 saturated carbocycles. The van der Waals surface area contributed by atoms with Crippen LogP contribution in [-0.2, 0) is 19.3 Å². The molecule has 2 aliphatic carbocycles. The second kappa shape index (κ2) is 11.6. The van der Waals surface area contributed by atoms with Gasteiger partial charge in [0.15, 0.2) is 5.82 Å². The van der Waals surface area contributed by atoms with Crippen molar-refractivity contribution < 1.29 is 18.4 Å². The van der Waals surface area contributed by atoms with Gasteiger partial charge in [0.25, 0.3) is 5.91 Å². The van der Waals surface area contributed by atoms with E-state index in [4.69, 9.17) is 19.2 Å². The van der Waals surface area contributed by atoms with Crippen molar-refractivity contribution in [1.82, 2.24) is 25.0 Å². The number of carbonyl (C=O) groups is 1. The van der Waals surface area contributed by atoms with Crippen LogP contribution in [0.1, 0.15) is 87.7 Å². The van der Waals surface area contributed by atoms with Crippen molar-refractivity contribution >= 4 is 33.1 Å². The van der Waals surface area contributed by atoms with Crippen LogP contribution < -0.4 is 15.8 Å². The van der Waals surface area contributed by atoms with Crippen molar-refractivity contribution in [2.24, 2.45) is 0 Å². The van der Waals surface area contributed by atoms with Crippen LogP contribution in [0.2, 0.25) is 0 Å². The highest BCUT2D eigenvalue weighted by atomic mass is 32.1. The molecular formula is C39H33FN6O4S. The minimum atomic E-state index is -0.684. The van der Waals surface area contributed by atoms with Crippen molar-refractivity contribution in [2.75, 3.05) is 19.0 Å². The van der Waals surface area contributed by atoms with E-state index >= 15 is 0 Å². The normalized spacial score (nSPS) is 20.2. The fourth-order valence-corrected chi connectivity index (χ4v) is 10.1. The molecule has 0 spiro atoms. The highest BCUT2D eigenvalue weighted by Crippen LogP contribution is 2.51. The summed E-state index contributed by atoms with van der Waals surface area (Å²) in [5, 5.41) is 8.89. The third-order valence-electron chi connectivity index (χ3n) is 11.2. The van der Waals surface area contributed by atoms with Crippen LogP contribution in [0.4, 0.5) is 10.2 Å². The van der Waals surface area contributed by atoms with E-state index in [1.54, 1.807) is 24.5 Å². The number of hydrogen-bond acceptors (Lipinski definition) is 9. The average Bonchev–Trinajstić information content (AvgIpc) is 3.99. The number of fused-ring (bicyclic) bond motifs is 6. The summed E-state index contributed by atoms with van der Waals surface area (Å²) in [6, 6.07) is 15.2. The zero-order valence-corrected chi connectivity index (χ0v) is 28.6. The summed E-state index contributed by atoms with van der Waals surface area (Å²) < 4.78 is 25.9. The predicted molar refractivity (Wildman–Crippen MR) is 191 cm³/mol. The molecule has 2 aromatic carbocycles. The van der Waals surface area contributed by atoms with Crippen molar-refractivity contribution in [3.05, 3.63) is 110 Å². The lowest BCUT2D eigenvalue weighted by molar-refractivity contribution is 0.0776. The number of nitrogens with zero attached hydrogens (tertiary/aromatic N) is 4. The van der Waals surface area contributed by atoms with E-state index < -0.39 is 5.76 Å². The highest BCUT2D eigenvalue weighted by molar-refractivity contribution is 7.23. The Balaban J connectivity index is 1.15. The minimum Gasteiger partial charge on any atom is -0.496 e. The van der Waals surface area contributed by atoms with Gasteiger partial charge in [0.05, 0.1) is 46.4 Å². The molecular weight excluding hydrogens is 668 g/mol. The molecule has 51 heavy (non-hydrogen) atoms. The fraction of sp³-hybridized carbons (Fsp3) is 0.308. The standard InChI is InChI=1S/C39H33FN6O4S/c1-49-29-6-2-4-24-25(29)11-12-26(24)43-37-35-21(13-14-41-37)18-30(51-35)32-31(36-44-39(48)50-45-36)27(17-20-8-7-19-16-22(40)9-10-23(19)20)42-34-28-5-3-15-46(28)38(47)33(32)34/h2,4,6,9-10,13-14,16,18,20,26,28H,3,5,7-8,11-12,15,17H2,1H3,(H,41,43)(H,44,45,48)/t20?,26-,28+/m1/s1. The molecule has 6 heterocycles. The second-order valence-electron chi connectivity index (χ2n) is 13.9. The Morgan fingerprint density at radius 1 is 1.06 bits per heavy atom. The van der Waals surface area contributed by atoms with E-state index in [0.29, 0.717) is 29.7 Å². The maximum atomic E-state index is 14.3. The topological polar surface area (TPSA) is 126 Å². The molecule has 2 aliphatic heterocycles. The van der Waals surface area contributed by atoms with Crippen LogP contribution in [0.5, 0.6) is 5.75 Å². The number of aromatic amines is 1. The van der Waals surface area contributed by atoms with Crippen LogP contribution in [0.15, 0.2) is 64.0 Å². The number of H-pyrrole nitrogens is 1. The SMILES string of the molecule is COc1cccc2c1CC[C@H]2Nc1nccc2cc(-c3c4c(nc(CC5CCc6cc(F)ccc65)c3-c3noc(=O)[nH]3)[C@@H]3CCCN3C4=O)sc12. The molecule has 6 aromatic rings. The van der Waals surface area contributed by atoms with Gasteiger partial charge in [-0.3, -0.25) is 19.3 Å². The van der Waals surface area contributed by atoms with Crippen LogP contribution in [-0.4, -0.2) is 44.6 Å². The number of amides is 1. The molecule has 3 atom stereocenters. The van der Waals surface area contributed by atoms with Crippen molar-refractivity contribution in [2.45, 2.75) is 62.9 Å². The Bertz CT molecular complexity index is 2470. The number of pyridine rings is 2. The number of benzene rings is 2. The number of hydrogen-bond donors (Lipinski definition) is 2. The van der Waals surface area contributed by atoms with Gasteiger partial charge in [-0.25, -0.2) is 14.2 Å². The first-order valence-corrected chi connectivity index (χ1v) is 18.3. The zero-order chi connectivity index (χ0) is 34.4. The molecule has 1 amide bonds. The molecule has 256 valence electrons. The third-order valence-corrected chi connectivity index (χ3v) is 12.4. The molecule has 1 unspecified atom stereocenters. The molecule has 1 fully saturated rings. The first kappa shape index (κ1) is 30.5.